The van der Waals surface area contributed by atoms with E-state index >= 15 is 0 Å². The van der Waals surface area contributed by atoms with Crippen molar-refractivity contribution in [3.63, 3.8) is 0 Å². The van der Waals surface area contributed by atoms with Crippen LogP contribution in [-0.2, 0) is 0 Å². The van der Waals surface area contributed by atoms with E-state index < -0.39 is 0 Å². The Morgan fingerprint density at radius 1 is 1.06 bits per heavy atom. The second-order valence-corrected chi connectivity index (χ2v) is 6.32. The molecule has 0 saturated carbocycles. The van der Waals surface area contributed by atoms with Gasteiger partial charge in [0, 0.05) is 18.6 Å². The lowest BCUT2D eigenvalue weighted by atomic mass is 9.88. The first kappa shape index (κ1) is 17.9. The van der Waals surface area contributed by atoms with Crippen LogP contribution >= 0.6 is 0 Å². The fraction of sp³-hybridized carbons (Fsp3) is 1.00. The van der Waals surface area contributed by atoms with Crippen LogP contribution in [0.3, 0.4) is 0 Å². The molecule has 18 heavy (non-hydrogen) atoms. The van der Waals surface area contributed by atoms with Crippen LogP contribution in [0.5, 0.6) is 0 Å². The number of nitrogens with zero attached hydrogens (tertiary/aromatic N) is 1. The van der Waals surface area contributed by atoms with Gasteiger partial charge < -0.3 is 5.73 Å². The largest absolute Gasteiger partial charge is 0.329 e. The predicted octanol–water partition coefficient (Wildman–Crippen LogP) is 3.90. The molecule has 0 radical (unpaired) electrons. The molecule has 110 valence electrons. The topological polar surface area (TPSA) is 29.3 Å². The zero-order chi connectivity index (χ0) is 14.2. The lowest BCUT2D eigenvalue weighted by molar-refractivity contribution is 0.0663. The van der Waals surface area contributed by atoms with E-state index in [1.54, 1.807) is 0 Å². The van der Waals surface area contributed by atoms with E-state index in [4.69, 9.17) is 5.73 Å². The summed E-state index contributed by atoms with van der Waals surface area (Å²) in [6.07, 6.45) is 4.85. The highest BCUT2D eigenvalue weighted by atomic mass is 15.2. The van der Waals surface area contributed by atoms with Crippen molar-refractivity contribution in [3.8, 4) is 0 Å². The van der Waals surface area contributed by atoms with Gasteiger partial charge in [0.2, 0.25) is 0 Å². The Morgan fingerprint density at radius 3 is 1.94 bits per heavy atom. The van der Waals surface area contributed by atoms with Crippen molar-refractivity contribution in [2.24, 2.45) is 17.6 Å². The molecule has 0 aromatic carbocycles. The van der Waals surface area contributed by atoms with E-state index in [2.05, 4.69) is 46.4 Å². The third kappa shape index (κ3) is 5.27. The zero-order valence-electron chi connectivity index (χ0n) is 13.6. The van der Waals surface area contributed by atoms with Crippen molar-refractivity contribution in [2.45, 2.75) is 72.8 Å². The molecule has 0 fully saturated rings. The van der Waals surface area contributed by atoms with Gasteiger partial charge in [-0.25, -0.2) is 0 Å². The van der Waals surface area contributed by atoms with Gasteiger partial charge in [-0.3, -0.25) is 4.90 Å². The van der Waals surface area contributed by atoms with Crippen molar-refractivity contribution in [1.29, 1.82) is 0 Å². The van der Waals surface area contributed by atoms with Gasteiger partial charge in [0.1, 0.15) is 0 Å². The van der Waals surface area contributed by atoms with E-state index in [-0.39, 0.29) is 5.54 Å². The highest BCUT2D eigenvalue weighted by molar-refractivity contribution is 4.90. The van der Waals surface area contributed by atoms with Crippen molar-refractivity contribution in [2.75, 3.05) is 19.6 Å². The van der Waals surface area contributed by atoms with Gasteiger partial charge in [-0.15, -0.1) is 0 Å². The van der Waals surface area contributed by atoms with Gasteiger partial charge in [-0.2, -0.15) is 0 Å². The molecule has 0 aliphatic carbocycles. The van der Waals surface area contributed by atoms with Crippen LogP contribution in [0.1, 0.15) is 67.2 Å². The molecule has 1 atom stereocenters. The summed E-state index contributed by atoms with van der Waals surface area (Å²) in [5, 5.41) is 0. The van der Waals surface area contributed by atoms with Crippen LogP contribution in [0.4, 0.5) is 0 Å². The first-order chi connectivity index (χ1) is 8.45. The molecular formula is C16H36N2. The lowest BCUT2D eigenvalue weighted by Crippen LogP contribution is -2.54. The number of hydrogen-bond donors (Lipinski definition) is 1. The summed E-state index contributed by atoms with van der Waals surface area (Å²) in [5.74, 6) is 1.56. The fourth-order valence-electron chi connectivity index (χ4n) is 3.16. The van der Waals surface area contributed by atoms with Crippen LogP contribution < -0.4 is 5.73 Å². The van der Waals surface area contributed by atoms with Crippen molar-refractivity contribution < 1.29 is 0 Å². The maximum absolute atomic E-state index is 6.10. The molecule has 2 N–H and O–H groups in total. The summed E-state index contributed by atoms with van der Waals surface area (Å²) < 4.78 is 0. The van der Waals surface area contributed by atoms with Crippen LogP contribution in [-0.4, -0.2) is 30.1 Å². The van der Waals surface area contributed by atoms with Gasteiger partial charge in [0.25, 0.3) is 0 Å². The molecule has 0 aromatic rings. The third-order valence-corrected chi connectivity index (χ3v) is 4.27. The van der Waals surface area contributed by atoms with Crippen LogP contribution in [0.2, 0.25) is 0 Å². The highest BCUT2D eigenvalue weighted by Crippen LogP contribution is 2.25. The first-order valence-electron chi connectivity index (χ1n) is 7.90. The molecule has 0 amide bonds. The summed E-state index contributed by atoms with van der Waals surface area (Å²) >= 11 is 0. The second-order valence-electron chi connectivity index (χ2n) is 6.32. The molecular weight excluding hydrogens is 220 g/mol. The monoisotopic (exact) mass is 256 g/mol. The second kappa shape index (κ2) is 8.92. The van der Waals surface area contributed by atoms with Gasteiger partial charge in [0.05, 0.1) is 0 Å². The Bertz CT molecular complexity index is 189. The van der Waals surface area contributed by atoms with Gasteiger partial charge in [-0.1, -0.05) is 41.5 Å². The van der Waals surface area contributed by atoms with Crippen molar-refractivity contribution >= 4 is 0 Å². The van der Waals surface area contributed by atoms with Crippen LogP contribution in [0.15, 0.2) is 0 Å². The van der Waals surface area contributed by atoms with Gasteiger partial charge in [0.15, 0.2) is 0 Å². The van der Waals surface area contributed by atoms with Gasteiger partial charge in [-0.05, 0) is 44.1 Å². The molecule has 0 saturated heterocycles. The molecule has 0 bridgehead atoms. The Morgan fingerprint density at radius 2 is 1.61 bits per heavy atom. The van der Waals surface area contributed by atoms with Crippen LogP contribution in [0.25, 0.3) is 0 Å². The molecule has 2 heteroatoms. The summed E-state index contributed by atoms with van der Waals surface area (Å²) in [6, 6.07) is 0. The normalized spacial score (nSPS) is 14.5. The Kier molecular flexibility index (Phi) is 8.89. The molecule has 0 aliphatic heterocycles. The minimum absolute atomic E-state index is 0.223. The van der Waals surface area contributed by atoms with E-state index in [0.29, 0.717) is 0 Å². The van der Waals surface area contributed by atoms with E-state index in [1.807, 2.05) is 0 Å². The lowest BCUT2D eigenvalue weighted by Gasteiger charge is -2.44. The van der Waals surface area contributed by atoms with E-state index in [0.717, 1.165) is 31.2 Å². The maximum atomic E-state index is 6.10. The average molecular weight is 256 g/mol. The Labute approximate surface area is 115 Å². The summed E-state index contributed by atoms with van der Waals surface area (Å²) in [5.41, 5.74) is 6.32. The summed E-state index contributed by atoms with van der Waals surface area (Å²) in [4.78, 5) is 2.67. The fourth-order valence-corrected chi connectivity index (χ4v) is 3.16. The van der Waals surface area contributed by atoms with Crippen molar-refractivity contribution in [1.82, 2.24) is 4.90 Å². The molecule has 0 heterocycles. The minimum atomic E-state index is 0.223. The minimum Gasteiger partial charge on any atom is -0.329 e. The van der Waals surface area contributed by atoms with Crippen molar-refractivity contribution in [3.05, 3.63) is 0 Å². The average Bonchev–Trinajstić information content (AvgIpc) is 2.31. The molecule has 1 unspecified atom stereocenters. The Balaban J connectivity index is 4.71. The number of nitrogens with two attached hydrogens (primary N) is 1. The van der Waals surface area contributed by atoms with Crippen LogP contribution in [0, 0.1) is 11.8 Å². The zero-order valence-corrected chi connectivity index (χ0v) is 13.6. The summed E-state index contributed by atoms with van der Waals surface area (Å²) in [6.45, 7) is 17.0. The Hall–Kier alpha value is -0.0800. The standard InChI is InChI=1S/C16H36N2/c1-7-10-18(12-15(6)11-14(4)5)16(8-2,9-3)13-17/h14-15H,7-13,17H2,1-6H3. The highest BCUT2D eigenvalue weighted by Gasteiger charge is 2.32. The molecule has 0 aromatic heterocycles. The predicted molar refractivity (Wildman–Crippen MR) is 82.9 cm³/mol. The number of rotatable bonds is 10. The molecule has 0 rings (SSSR count). The summed E-state index contributed by atoms with van der Waals surface area (Å²) in [7, 11) is 0. The first-order valence-corrected chi connectivity index (χ1v) is 7.90. The quantitative estimate of drug-likeness (QED) is 0.642. The molecule has 2 nitrogen and oxygen atoms in total. The molecule has 0 spiro atoms. The van der Waals surface area contributed by atoms with Gasteiger partial charge >= 0.3 is 0 Å². The molecule has 0 aliphatic rings. The van der Waals surface area contributed by atoms with E-state index in [9.17, 15) is 0 Å². The third-order valence-electron chi connectivity index (χ3n) is 4.27. The van der Waals surface area contributed by atoms with E-state index in [1.165, 1.54) is 25.9 Å². The number of hydrogen-bond acceptors (Lipinski definition) is 2. The smallest absolute Gasteiger partial charge is 0.0326 e. The SMILES string of the molecule is CCCN(CC(C)CC(C)C)C(CC)(CC)CN. The maximum Gasteiger partial charge on any atom is 0.0326 e.